The van der Waals surface area contributed by atoms with Gasteiger partial charge in [0.05, 0.1) is 11.1 Å². The molecule has 4 heteroatoms. The predicted molar refractivity (Wildman–Crippen MR) is 148 cm³/mol. The van der Waals surface area contributed by atoms with Crippen LogP contribution in [0.5, 0.6) is 11.5 Å². The number of hydrogen-bond donors (Lipinski definition) is 0. The highest BCUT2D eigenvalue weighted by Gasteiger charge is 2.46. The zero-order valence-corrected chi connectivity index (χ0v) is 23.0. The molecule has 2 atom stereocenters. The summed E-state index contributed by atoms with van der Waals surface area (Å²) in [5.74, 6) is 0.680. The summed E-state index contributed by atoms with van der Waals surface area (Å²) in [6.07, 6.45) is 10.4. The minimum atomic E-state index is -0.376. The van der Waals surface area contributed by atoms with E-state index in [0.29, 0.717) is 22.6 Å². The van der Waals surface area contributed by atoms with E-state index in [1.165, 1.54) is 11.1 Å². The summed E-state index contributed by atoms with van der Waals surface area (Å²) in [6, 6.07) is 12.0. The van der Waals surface area contributed by atoms with Crippen molar-refractivity contribution in [2.45, 2.75) is 98.3 Å². The van der Waals surface area contributed by atoms with E-state index >= 15 is 0 Å². The molecule has 0 spiro atoms. The molecule has 2 aliphatic carbocycles. The normalized spacial score (nSPS) is 18.4. The predicted octanol–water partition coefficient (Wildman–Crippen LogP) is 7.73. The molecule has 2 unspecified atom stereocenters. The number of fused-ring (bicyclic) bond motifs is 2. The maximum atomic E-state index is 13.6. The van der Waals surface area contributed by atoms with Crippen molar-refractivity contribution in [3.63, 3.8) is 0 Å². The maximum Gasteiger partial charge on any atom is 0.340 e. The zero-order valence-electron chi connectivity index (χ0n) is 23.0. The highest BCUT2D eigenvalue weighted by Crippen LogP contribution is 2.49. The summed E-state index contributed by atoms with van der Waals surface area (Å²) in [4.78, 5) is 27.2. The molecule has 1 saturated carbocycles. The molecule has 2 aromatic carbocycles. The Morgan fingerprint density at radius 1 is 0.649 bits per heavy atom. The second-order valence-corrected chi connectivity index (χ2v) is 10.6. The molecule has 0 aliphatic heterocycles. The number of ether oxygens (including phenoxy) is 2. The fourth-order valence-corrected chi connectivity index (χ4v) is 6.30. The molecule has 0 N–H and O–H groups in total. The van der Waals surface area contributed by atoms with Gasteiger partial charge in [0.2, 0.25) is 0 Å². The van der Waals surface area contributed by atoms with Crippen LogP contribution in [-0.2, 0) is 35.3 Å². The number of aryl methyl sites for hydroxylation is 2. The monoisotopic (exact) mass is 502 g/mol. The van der Waals surface area contributed by atoms with Gasteiger partial charge in [0.25, 0.3) is 0 Å². The smallest absolute Gasteiger partial charge is 0.340 e. The first-order valence-electron chi connectivity index (χ1n) is 14.4. The van der Waals surface area contributed by atoms with Crippen LogP contribution in [0.2, 0.25) is 0 Å². The Bertz CT molecular complexity index is 1070. The number of carbonyl (C=O) groups is 2. The van der Waals surface area contributed by atoms with Gasteiger partial charge < -0.3 is 9.47 Å². The van der Waals surface area contributed by atoms with Crippen LogP contribution in [0.25, 0.3) is 0 Å². The van der Waals surface area contributed by atoms with Crippen molar-refractivity contribution in [3.05, 3.63) is 69.8 Å². The lowest BCUT2D eigenvalue weighted by Crippen LogP contribution is -2.24. The number of carbonyl (C=O) groups excluding carboxylic acids is 2. The molecule has 0 amide bonds. The third-order valence-electron chi connectivity index (χ3n) is 7.88. The van der Waals surface area contributed by atoms with Crippen LogP contribution in [0.1, 0.15) is 94.9 Å². The maximum absolute atomic E-state index is 13.6. The molecule has 4 nitrogen and oxygen atoms in total. The number of esters is 2. The van der Waals surface area contributed by atoms with Crippen LogP contribution in [0.3, 0.4) is 0 Å². The van der Waals surface area contributed by atoms with Crippen molar-refractivity contribution < 1.29 is 19.1 Å². The van der Waals surface area contributed by atoms with E-state index in [1.807, 2.05) is 24.3 Å². The second kappa shape index (κ2) is 12.6. The third kappa shape index (κ3) is 5.84. The lowest BCUT2D eigenvalue weighted by Gasteiger charge is -2.20. The summed E-state index contributed by atoms with van der Waals surface area (Å²) in [6.45, 7) is 8.61. The molecule has 2 bridgehead atoms. The molecule has 0 aromatic heterocycles. The van der Waals surface area contributed by atoms with Crippen LogP contribution in [0.4, 0.5) is 0 Å². The van der Waals surface area contributed by atoms with Gasteiger partial charge >= 0.3 is 11.9 Å². The van der Waals surface area contributed by atoms with Crippen LogP contribution in [-0.4, -0.2) is 11.9 Å². The molecule has 2 aliphatic rings. The van der Waals surface area contributed by atoms with Gasteiger partial charge in [-0.25, -0.2) is 9.59 Å². The first-order valence-corrected chi connectivity index (χ1v) is 14.4. The first kappa shape index (κ1) is 27.2. The third-order valence-corrected chi connectivity index (χ3v) is 7.88. The minimum Gasteiger partial charge on any atom is -0.423 e. The van der Waals surface area contributed by atoms with E-state index in [9.17, 15) is 9.59 Å². The van der Waals surface area contributed by atoms with Crippen LogP contribution < -0.4 is 9.47 Å². The molecule has 1 fully saturated rings. The fourth-order valence-electron chi connectivity index (χ4n) is 6.30. The van der Waals surface area contributed by atoms with Gasteiger partial charge in [0, 0.05) is 0 Å². The molecule has 2 aromatic rings. The van der Waals surface area contributed by atoms with Gasteiger partial charge in [-0.15, -0.1) is 0 Å². The van der Waals surface area contributed by atoms with Crippen LogP contribution >= 0.6 is 0 Å². The largest absolute Gasteiger partial charge is 0.423 e. The van der Waals surface area contributed by atoms with Crippen molar-refractivity contribution in [1.29, 1.82) is 0 Å². The number of rotatable bonds is 12. The first-order chi connectivity index (χ1) is 18.0. The summed E-state index contributed by atoms with van der Waals surface area (Å²) in [7, 11) is 0. The van der Waals surface area contributed by atoms with Crippen molar-refractivity contribution in [1.82, 2.24) is 0 Å². The molecule has 0 saturated heterocycles. The summed E-state index contributed by atoms with van der Waals surface area (Å²) >= 11 is 0. The summed E-state index contributed by atoms with van der Waals surface area (Å²) in [5.41, 5.74) is 5.81. The molecule has 37 heavy (non-hydrogen) atoms. The Balaban J connectivity index is 1.64. The van der Waals surface area contributed by atoms with Crippen molar-refractivity contribution in [2.75, 3.05) is 0 Å². The minimum absolute atomic E-state index is 0.0787. The van der Waals surface area contributed by atoms with E-state index in [-0.39, 0.29) is 23.8 Å². The fraction of sp³-hybridized carbons (Fsp3) is 0.515. The van der Waals surface area contributed by atoms with Gasteiger partial charge in [-0.1, -0.05) is 77.6 Å². The highest BCUT2D eigenvalue weighted by atomic mass is 16.5. The molecule has 0 heterocycles. The van der Waals surface area contributed by atoms with Gasteiger partial charge in [-0.05, 0) is 91.2 Å². The quantitative estimate of drug-likeness (QED) is 0.220. The van der Waals surface area contributed by atoms with E-state index < -0.39 is 0 Å². The SMILES string of the molecule is CCCc1cccc(OC(=O)C2=C(C(=O)Oc3cccc(CCC)c3CCC)C3CCC2C3)c1CCC. The van der Waals surface area contributed by atoms with Gasteiger partial charge in [-0.3, -0.25) is 0 Å². The lowest BCUT2D eigenvalue weighted by atomic mass is 9.91. The second-order valence-electron chi connectivity index (χ2n) is 10.6. The number of benzene rings is 2. The Morgan fingerprint density at radius 3 is 1.43 bits per heavy atom. The summed E-state index contributed by atoms with van der Waals surface area (Å²) < 4.78 is 12.1. The molecule has 198 valence electrons. The topological polar surface area (TPSA) is 52.6 Å². The van der Waals surface area contributed by atoms with E-state index in [1.54, 1.807) is 0 Å². The Morgan fingerprint density at radius 2 is 1.05 bits per heavy atom. The van der Waals surface area contributed by atoms with E-state index in [0.717, 1.165) is 81.8 Å². The molecule has 4 rings (SSSR count). The van der Waals surface area contributed by atoms with E-state index in [4.69, 9.17) is 9.47 Å². The van der Waals surface area contributed by atoms with Crippen LogP contribution in [0.15, 0.2) is 47.5 Å². The average Bonchev–Trinajstić information content (AvgIpc) is 3.50. The molecular formula is C33H42O4. The Labute approximate surface area is 222 Å². The zero-order chi connectivity index (χ0) is 26.4. The van der Waals surface area contributed by atoms with Crippen molar-refractivity contribution in [3.8, 4) is 11.5 Å². The Kier molecular flexibility index (Phi) is 9.23. The molecule has 0 radical (unpaired) electrons. The van der Waals surface area contributed by atoms with Crippen LogP contribution in [0, 0.1) is 11.8 Å². The van der Waals surface area contributed by atoms with E-state index in [2.05, 4.69) is 39.8 Å². The van der Waals surface area contributed by atoms with Gasteiger partial charge in [0.15, 0.2) is 0 Å². The van der Waals surface area contributed by atoms with Crippen molar-refractivity contribution >= 4 is 11.9 Å². The molecular weight excluding hydrogens is 460 g/mol. The summed E-state index contributed by atoms with van der Waals surface area (Å²) in [5, 5.41) is 0. The standard InChI is InChI=1S/C33H42O4/c1-5-11-22-15-9-17-28(26(22)13-7-3)36-32(34)30-24-19-20-25(21-24)31(30)33(35)37-29-18-10-16-23(12-6-2)27(29)14-8-4/h9-10,15-18,24-25H,5-8,11-14,19-21H2,1-4H3. The average molecular weight is 503 g/mol. The Hall–Kier alpha value is -2.88. The van der Waals surface area contributed by atoms with Gasteiger partial charge in [0.1, 0.15) is 11.5 Å². The number of hydrogen-bond acceptors (Lipinski definition) is 4. The lowest BCUT2D eigenvalue weighted by molar-refractivity contribution is -0.133. The van der Waals surface area contributed by atoms with Crippen molar-refractivity contribution in [2.24, 2.45) is 11.8 Å². The highest BCUT2D eigenvalue weighted by molar-refractivity contribution is 6.04. The van der Waals surface area contributed by atoms with Gasteiger partial charge in [-0.2, -0.15) is 0 Å².